The normalized spacial score (nSPS) is 19.0. The van der Waals surface area contributed by atoms with Gasteiger partial charge in [-0.2, -0.15) is 0 Å². The van der Waals surface area contributed by atoms with E-state index >= 15 is 0 Å². The van der Waals surface area contributed by atoms with Crippen molar-refractivity contribution < 1.29 is 9.53 Å². The lowest BCUT2D eigenvalue weighted by Gasteiger charge is -2.38. The molecule has 4 heteroatoms. The molecule has 3 nitrogen and oxygen atoms in total. The van der Waals surface area contributed by atoms with E-state index in [2.05, 4.69) is 17.4 Å². The van der Waals surface area contributed by atoms with E-state index in [1.165, 1.54) is 5.56 Å². The van der Waals surface area contributed by atoms with Gasteiger partial charge in [0.15, 0.2) is 0 Å². The molecular formula is C17H24ClNO2. The first kappa shape index (κ1) is 16.3. The molecule has 1 amide bonds. The SMILES string of the molecule is CC[C@H](C)C(=O)NCC1(c2ccc(Cl)cc2)CCOCC1. The van der Waals surface area contributed by atoms with Crippen molar-refractivity contribution in [1.29, 1.82) is 0 Å². The summed E-state index contributed by atoms with van der Waals surface area (Å²) < 4.78 is 5.51. The van der Waals surface area contributed by atoms with Gasteiger partial charge in [0.1, 0.15) is 0 Å². The van der Waals surface area contributed by atoms with Crippen molar-refractivity contribution in [1.82, 2.24) is 5.32 Å². The van der Waals surface area contributed by atoms with Crippen molar-refractivity contribution in [3.05, 3.63) is 34.9 Å². The average Bonchev–Trinajstić information content (AvgIpc) is 2.53. The fraction of sp³-hybridized carbons (Fsp3) is 0.588. The summed E-state index contributed by atoms with van der Waals surface area (Å²) >= 11 is 5.99. The minimum Gasteiger partial charge on any atom is -0.381 e. The third kappa shape index (κ3) is 3.98. The Morgan fingerprint density at radius 1 is 1.33 bits per heavy atom. The molecule has 21 heavy (non-hydrogen) atoms. The Bertz CT molecular complexity index is 466. The van der Waals surface area contributed by atoms with Gasteiger partial charge in [0.25, 0.3) is 0 Å². The average molecular weight is 310 g/mol. The van der Waals surface area contributed by atoms with E-state index in [0.717, 1.165) is 37.5 Å². The van der Waals surface area contributed by atoms with Gasteiger partial charge in [0.2, 0.25) is 5.91 Å². The first-order chi connectivity index (χ1) is 10.1. The van der Waals surface area contributed by atoms with Gasteiger partial charge in [0, 0.05) is 36.1 Å². The standard InChI is InChI=1S/C17H24ClNO2/c1-3-13(2)16(20)19-12-17(8-10-21-11-9-17)14-4-6-15(18)7-5-14/h4-7,13H,3,8-12H2,1-2H3,(H,19,20)/t13-/m0/s1. The molecule has 1 fully saturated rings. The molecule has 1 heterocycles. The number of ether oxygens (including phenoxy) is 1. The van der Waals surface area contributed by atoms with Crippen LogP contribution in [0.3, 0.4) is 0 Å². The van der Waals surface area contributed by atoms with E-state index in [1.807, 2.05) is 26.0 Å². The van der Waals surface area contributed by atoms with Crippen molar-refractivity contribution in [2.24, 2.45) is 5.92 Å². The summed E-state index contributed by atoms with van der Waals surface area (Å²) in [5.74, 6) is 0.199. The second-order valence-corrected chi connectivity index (χ2v) is 6.36. The van der Waals surface area contributed by atoms with E-state index < -0.39 is 0 Å². The first-order valence-electron chi connectivity index (χ1n) is 7.69. The molecule has 1 atom stereocenters. The van der Waals surface area contributed by atoms with Crippen LogP contribution in [0.2, 0.25) is 5.02 Å². The number of benzene rings is 1. The third-order valence-electron chi connectivity index (χ3n) is 4.57. The van der Waals surface area contributed by atoms with Gasteiger partial charge < -0.3 is 10.1 Å². The molecule has 116 valence electrons. The summed E-state index contributed by atoms with van der Waals surface area (Å²) in [4.78, 5) is 12.1. The Kier molecular flexibility index (Phi) is 5.65. The molecule has 0 bridgehead atoms. The van der Waals surface area contributed by atoms with Crippen molar-refractivity contribution in [3.63, 3.8) is 0 Å². The maximum Gasteiger partial charge on any atom is 0.222 e. The molecule has 1 aliphatic rings. The largest absolute Gasteiger partial charge is 0.381 e. The Labute approximate surface area is 132 Å². The van der Waals surface area contributed by atoms with E-state index in [0.29, 0.717) is 6.54 Å². The number of nitrogens with one attached hydrogen (secondary N) is 1. The Morgan fingerprint density at radius 2 is 1.95 bits per heavy atom. The van der Waals surface area contributed by atoms with Crippen molar-refractivity contribution >= 4 is 17.5 Å². The number of rotatable bonds is 5. The lowest BCUT2D eigenvalue weighted by atomic mass is 9.74. The van der Waals surface area contributed by atoms with Gasteiger partial charge in [0.05, 0.1) is 0 Å². The molecule has 0 spiro atoms. The Balaban J connectivity index is 2.13. The number of carbonyl (C=O) groups excluding carboxylic acids is 1. The third-order valence-corrected chi connectivity index (χ3v) is 4.82. The zero-order valence-corrected chi connectivity index (χ0v) is 13.6. The highest BCUT2D eigenvalue weighted by atomic mass is 35.5. The molecule has 0 aromatic heterocycles. The molecule has 2 rings (SSSR count). The van der Waals surface area contributed by atoms with E-state index in [9.17, 15) is 4.79 Å². The van der Waals surface area contributed by atoms with Crippen molar-refractivity contribution in [3.8, 4) is 0 Å². The minimum atomic E-state index is -0.0358. The van der Waals surface area contributed by atoms with Crippen LogP contribution >= 0.6 is 11.6 Å². The Hall–Kier alpha value is -1.06. The van der Waals surface area contributed by atoms with E-state index in [4.69, 9.17) is 16.3 Å². The number of amides is 1. The number of hydrogen-bond acceptors (Lipinski definition) is 2. The summed E-state index contributed by atoms with van der Waals surface area (Å²) in [5.41, 5.74) is 1.20. The second-order valence-electron chi connectivity index (χ2n) is 5.93. The summed E-state index contributed by atoms with van der Waals surface area (Å²) in [7, 11) is 0. The predicted molar refractivity (Wildman–Crippen MR) is 85.6 cm³/mol. The minimum absolute atomic E-state index is 0.0358. The van der Waals surface area contributed by atoms with E-state index in [-0.39, 0.29) is 17.2 Å². The van der Waals surface area contributed by atoms with Gasteiger partial charge >= 0.3 is 0 Å². The molecule has 1 aromatic carbocycles. The molecule has 0 aliphatic carbocycles. The fourth-order valence-electron chi connectivity index (χ4n) is 2.75. The zero-order chi connectivity index (χ0) is 15.3. The van der Waals surface area contributed by atoms with Gasteiger partial charge in [-0.15, -0.1) is 0 Å². The monoisotopic (exact) mass is 309 g/mol. The summed E-state index contributed by atoms with van der Waals surface area (Å²) in [6.07, 6.45) is 2.72. The first-order valence-corrected chi connectivity index (χ1v) is 8.07. The van der Waals surface area contributed by atoms with Crippen LogP contribution in [-0.4, -0.2) is 25.7 Å². The predicted octanol–water partition coefficient (Wildman–Crippen LogP) is 3.55. The second kappa shape index (κ2) is 7.28. The van der Waals surface area contributed by atoms with Crippen molar-refractivity contribution in [2.75, 3.05) is 19.8 Å². The van der Waals surface area contributed by atoms with Crippen LogP contribution in [-0.2, 0) is 14.9 Å². The number of halogens is 1. The summed E-state index contributed by atoms with van der Waals surface area (Å²) in [6, 6.07) is 7.99. The summed E-state index contributed by atoms with van der Waals surface area (Å²) in [6.45, 7) is 6.15. The molecule has 0 saturated carbocycles. The Morgan fingerprint density at radius 3 is 2.52 bits per heavy atom. The zero-order valence-electron chi connectivity index (χ0n) is 12.8. The smallest absolute Gasteiger partial charge is 0.222 e. The van der Waals surface area contributed by atoms with Gasteiger partial charge in [-0.1, -0.05) is 37.6 Å². The fourth-order valence-corrected chi connectivity index (χ4v) is 2.88. The van der Waals surface area contributed by atoms with Crippen LogP contribution in [0.5, 0.6) is 0 Å². The van der Waals surface area contributed by atoms with Crippen LogP contribution in [0.4, 0.5) is 0 Å². The lowest BCUT2D eigenvalue weighted by molar-refractivity contribution is -0.125. The molecular weight excluding hydrogens is 286 g/mol. The maximum absolute atomic E-state index is 12.1. The molecule has 1 aliphatic heterocycles. The van der Waals surface area contributed by atoms with Crippen LogP contribution in [0.1, 0.15) is 38.7 Å². The maximum atomic E-state index is 12.1. The van der Waals surface area contributed by atoms with Gasteiger partial charge in [-0.05, 0) is 37.0 Å². The van der Waals surface area contributed by atoms with Crippen LogP contribution in [0, 0.1) is 5.92 Å². The van der Waals surface area contributed by atoms with Crippen LogP contribution < -0.4 is 5.32 Å². The van der Waals surface area contributed by atoms with Crippen LogP contribution in [0.15, 0.2) is 24.3 Å². The lowest BCUT2D eigenvalue weighted by Crippen LogP contribution is -2.45. The highest BCUT2D eigenvalue weighted by molar-refractivity contribution is 6.30. The highest BCUT2D eigenvalue weighted by Gasteiger charge is 2.35. The van der Waals surface area contributed by atoms with E-state index in [1.54, 1.807) is 0 Å². The molecule has 1 aromatic rings. The highest BCUT2D eigenvalue weighted by Crippen LogP contribution is 2.35. The van der Waals surface area contributed by atoms with Crippen LogP contribution in [0.25, 0.3) is 0 Å². The number of hydrogen-bond donors (Lipinski definition) is 1. The molecule has 0 unspecified atom stereocenters. The summed E-state index contributed by atoms with van der Waals surface area (Å²) in [5, 5.41) is 3.87. The topological polar surface area (TPSA) is 38.3 Å². The molecule has 0 radical (unpaired) electrons. The molecule has 1 saturated heterocycles. The molecule has 1 N–H and O–H groups in total. The quantitative estimate of drug-likeness (QED) is 0.903. The van der Waals surface area contributed by atoms with Gasteiger partial charge in [-0.25, -0.2) is 0 Å². The van der Waals surface area contributed by atoms with Crippen molar-refractivity contribution in [2.45, 2.75) is 38.5 Å². The van der Waals surface area contributed by atoms with Gasteiger partial charge in [-0.3, -0.25) is 4.79 Å². The number of carbonyl (C=O) groups is 1.